The molecular weight excluding hydrogens is 406 g/mol. The van der Waals surface area contributed by atoms with Gasteiger partial charge in [-0.3, -0.25) is 14.5 Å². The Bertz CT molecular complexity index is 991. The van der Waals surface area contributed by atoms with Crippen LogP contribution >= 0.6 is 11.6 Å². The molecule has 7 nitrogen and oxygen atoms in total. The van der Waals surface area contributed by atoms with Crippen LogP contribution in [-0.2, 0) is 9.59 Å². The molecule has 0 spiro atoms. The van der Waals surface area contributed by atoms with E-state index in [2.05, 4.69) is 10.6 Å². The third-order valence-corrected chi connectivity index (χ3v) is 4.94. The summed E-state index contributed by atoms with van der Waals surface area (Å²) in [6.45, 7) is 1.44. The number of nitrogens with zero attached hydrogens (tertiary/aromatic N) is 1. The van der Waals surface area contributed by atoms with Gasteiger partial charge < -0.3 is 15.4 Å². The quantitative estimate of drug-likeness (QED) is 0.733. The fourth-order valence-corrected chi connectivity index (χ4v) is 3.27. The van der Waals surface area contributed by atoms with Gasteiger partial charge in [0.05, 0.1) is 13.2 Å². The second kappa shape index (κ2) is 9.45. The Hall–Kier alpha value is -3.32. The molecule has 0 aromatic heterocycles. The minimum Gasteiger partial charge on any atom is -0.496 e. The highest BCUT2D eigenvalue weighted by atomic mass is 35.5. The number of halogens is 1. The van der Waals surface area contributed by atoms with Gasteiger partial charge in [-0.25, -0.2) is 4.79 Å². The molecule has 0 aliphatic carbocycles. The normalized spacial score (nSPS) is 16.6. The highest BCUT2D eigenvalue weighted by Gasteiger charge is 2.31. The third kappa shape index (κ3) is 4.99. The summed E-state index contributed by atoms with van der Waals surface area (Å²) in [5.74, 6) is -0.468. The molecule has 2 N–H and O–H groups in total. The number of hydrogen-bond acceptors (Lipinski definition) is 4. The van der Waals surface area contributed by atoms with Crippen LogP contribution in [0, 0.1) is 0 Å². The van der Waals surface area contributed by atoms with Crippen molar-refractivity contribution >= 4 is 35.5 Å². The van der Waals surface area contributed by atoms with Crippen LogP contribution in [0.4, 0.5) is 4.79 Å². The summed E-state index contributed by atoms with van der Waals surface area (Å²) < 4.78 is 5.31. The molecule has 3 rings (SSSR count). The van der Waals surface area contributed by atoms with E-state index in [4.69, 9.17) is 16.3 Å². The monoisotopic (exact) mass is 427 g/mol. The third-order valence-electron chi connectivity index (χ3n) is 4.70. The Morgan fingerprint density at radius 2 is 1.97 bits per heavy atom. The second-order valence-electron chi connectivity index (χ2n) is 6.81. The standard InChI is InChI=1S/C22H22ClN3O4/c1-14(15-6-4-3-5-7-15)25-22(29)26-13-20(27)24-12-17(21(26)28)10-16-11-18(23)8-9-19(16)30-2/h3-11,14H,12-13H2,1-2H3,(H,24,27)(H,25,29)/b17-10+/t14-/m1/s1. The van der Waals surface area contributed by atoms with Crippen LogP contribution in [0.1, 0.15) is 24.1 Å². The molecule has 2 aromatic rings. The minimum absolute atomic E-state index is 0.00858. The van der Waals surface area contributed by atoms with Crippen molar-refractivity contribution in [2.45, 2.75) is 13.0 Å². The van der Waals surface area contributed by atoms with Crippen LogP contribution in [0.25, 0.3) is 6.08 Å². The zero-order valence-corrected chi connectivity index (χ0v) is 17.4. The fraction of sp³-hybridized carbons (Fsp3) is 0.227. The number of carbonyl (C=O) groups is 3. The summed E-state index contributed by atoms with van der Waals surface area (Å²) in [4.78, 5) is 38.9. The van der Waals surface area contributed by atoms with Crippen LogP contribution < -0.4 is 15.4 Å². The number of benzene rings is 2. The second-order valence-corrected chi connectivity index (χ2v) is 7.24. The molecule has 8 heteroatoms. The van der Waals surface area contributed by atoms with E-state index in [1.807, 2.05) is 37.3 Å². The summed E-state index contributed by atoms with van der Waals surface area (Å²) in [5, 5.41) is 5.89. The number of amides is 4. The van der Waals surface area contributed by atoms with Gasteiger partial charge in [0.1, 0.15) is 12.3 Å². The first-order valence-electron chi connectivity index (χ1n) is 9.37. The van der Waals surface area contributed by atoms with Gasteiger partial charge in [-0.2, -0.15) is 0 Å². The lowest BCUT2D eigenvalue weighted by molar-refractivity contribution is -0.128. The van der Waals surface area contributed by atoms with Gasteiger partial charge in [0.2, 0.25) is 5.91 Å². The summed E-state index contributed by atoms with van der Waals surface area (Å²) in [5.41, 5.74) is 1.70. The van der Waals surface area contributed by atoms with Gasteiger partial charge >= 0.3 is 6.03 Å². The topological polar surface area (TPSA) is 87.7 Å². The predicted octanol–water partition coefficient (Wildman–Crippen LogP) is 3.16. The van der Waals surface area contributed by atoms with Crippen LogP contribution in [-0.4, -0.2) is 42.9 Å². The number of hydrogen-bond donors (Lipinski definition) is 2. The van der Waals surface area contributed by atoms with Crippen LogP contribution in [0.15, 0.2) is 54.1 Å². The Kier molecular flexibility index (Phi) is 6.74. The predicted molar refractivity (Wildman–Crippen MR) is 114 cm³/mol. The number of rotatable bonds is 4. The number of imide groups is 1. The molecule has 1 fully saturated rings. The zero-order valence-electron chi connectivity index (χ0n) is 16.6. The summed E-state index contributed by atoms with van der Waals surface area (Å²) in [6.07, 6.45) is 1.57. The summed E-state index contributed by atoms with van der Waals surface area (Å²) in [7, 11) is 1.51. The van der Waals surface area contributed by atoms with Crippen molar-refractivity contribution < 1.29 is 19.1 Å². The minimum atomic E-state index is -0.641. The van der Waals surface area contributed by atoms with E-state index in [1.165, 1.54) is 7.11 Å². The molecule has 0 radical (unpaired) electrons. The molecule has 0 saturated carbocycles. The van der Waals surface area contributed by atoms with E-state index in [0.717, 1.165) is 10.5 Å². The molecular formula is C22H22ClN3O4. The maximum absolute atomic E-state index is 13.1. The van der Waals surface area contributed by atoms with Crippen molar-refractivity contribution in [3.63, 3.8) is 0 Å². The Labute approximate surface area is 179 Å². The van der Waals surface area contributed by atoms with Gasteiger partial charge in [-0.1, -0.05) is 41.9 Å². The Morgan fingerprint density at radius 3 is 2.67 bits per heavy atom. The maximum Gasteiger partial charge on any atom is 0.325 e. The van der Waals surface area contributed by atoms with Crippen molar-refractivity contribution in [1.82, 2.24) is 15.5 Å². The van der Waals surface area contributed by atoms with E-state index in [0.29, 0.717) is 16.3 Å². The average molecular weight is 428 g/mol. The molecule has 156 valence electrons. The summed E-state index contributed by atoms with van der Waals surface area (Å²) >= 11 is 6.06. The van der Waals surface area contributed by atoms with Gasteiger partial charge in [0.15, 0.2) is 0 Å². The molecule has 0 bridgehead atoms. The first-order valence-corrected chi connectivity index (χ1v) is 9.75. The van der Waals surface area contributed by atoms with Gasteiger partial charge in [-0.05, 0) is 36.8 Å². The smallest absolute Gasteiger partial charge is 0.325 e. The number of carbonyl (C=O) groups excluding carboxylic acids is 3. The van der Waals surface area contributed by atoms with E-state index in [9.17, 15) is 14.4 Å². The van der Waals surface area contributed by atoms with Crippen molar-refractivity contribution in [2.75, 3.05) is 20.2 Å². The first kappa shape index (κ1) is 21.4. The molecule has 1 atom stereocenters. The molecule has 1 heterocycles. The molecule has 1 aliphatic rings. The molecule has 1 aliphatic heterocycles. The van der Waals surface area contributed by atoms with Crippen LogP contribution in [0.2, 0.25) is 5.02 Å². The highest BCUT2D eigenvalue weighted by molar-refractivity contribution is 6.30. The number of methoxy groups -OCH3 is 1. The van der Waals surface area contributed by atoms with Crippen LogP contribution in [0.3, 0.4) is 0 Å². The molecule has 1 saturated heterocycles. The number of ether oxygens (including phenoxy) is 1. The first-order chi connectivity index (χ1) is 14.4. The van der Waals surface area contributed by atoms with Gasteiger partial charge in [0.25, 0.3) is 5.91 Å². The lowest BCUT2D eigenvalue weighted by Crippen LogP contribution is -2.46. The van der Waals surface area contributed by atoms with Crippen molar-refractivity contribution in [1.29, 1.82) is 0 Å². The van der Waals surface area contributed by atoms with E-state index >= 15 is 0 Å². The fourth-order valence-electron chi connectivity index (χ4n) is 3.08. The van der Waals surface area contributed by atoms with Crippen LogP contribution in [0.5, 0.6) is 5.75 Å². The number of urea groups is 1. The summed E-state index contributed by atoms with van der Waals surface area (Å²) in [6, 6.07) is 13.4. The molecule has 4 amide bonds. The van der Waals surface area contributed by atoms with E-state index in [-0.39, 0.29) is 24.7 Å². The SMILES string of the molecule is COc1ccc(Cl)cc1/C=C1\CNC(=O)CN(C(=O)N[C@H](C)c2ccccc2)C1=O. The van der Waals surface area contributed by atoms with E-state index in [1.54, 1.807) is 24.3 Å². The lowest BCUT2D eigenvalue weighted by Gasteiger charge is -2.22. The van der Waals surface area contributed by atoms with E-state index < -0.39 is 17.8 Å². The van der Waals surface area contributed by atoms with Gasteiger partial charge in [0, 0.05) is 22.7 Å². The molecule has 0 unspecified atom stereocenters. The number of nitrogens with one attached hydrogen (secondary N) is 2. The zero-order chi connectivity index (χ0) is 21.7. The van der Waals surface area contributed by atoms with Crippen molar-refractivity contribution in [3.8, 4) is 5.75 Å². The highest BCUT2D eigenvalue weighted by Crippen LogP contribution is 2.25. The maximum atomic E-state index is 13.1. The Balaban J connectivity index is 1.86. The molecule has 30 heavy (non-hydrogen) atoms. The lowest BCUT2D eigenvalue weighted by atomic mass is 10.1. The Morgan fingerprint density at radius 1 is 1.23 bits per heavy atom. The largest absolute Gasteiger partial charge is 0.496 e. The molecule has 2 aromatic carbocycles. The van der Waals surface area contributed by atoms with Gasteiger partial charge in [-0.15, -0.1) is 0 Å². The average Bonchev–Trinajstić information content (AvgIpc) is 2.88. The van der Waals surface area contributed by atoms with Crippen molar-refractivity contribution in [3.05, 3.63) is 70.3 Å². The van der Waals surface area contributed by atoms with Crippen molar-refractivity contribution in [2.24, 2.45) is 0 Å².